The van der Waals surface area contributed by atoms with E-state index < -0.39 is 0 Å². The van der Waals surface area contributed by atoms with Crippen LogP contribution in [0.2, 0.25) is 0 Å². The van der Waals surface area contributed by atoms with Crippen molar-refractivity contribution in [3.63, 3.8) is 0 Å². The van der Waals surface area contributed by atoms with Crippen LogP contribution in [0.1, 0.15) is 18.9 Å². The molecule has 0 bridgehead atoms. The highest BCUT2D eigenvalue weighted by molar-refractivity contribution is 7.99. The molecule has 0 aliphatic heterocycles. The van der Waals surface area contributed by atoms with Gasteiger partial charge in [0.05, 0.1) is 10.6 Å². The number of rotatable bonds is 6. The van der Waals surface area contributed by atoms with E-state index in [0.717, 1.165) is 45.2 Å². The van der Waals surface area contributed by atoms with E-state index in [1.165, 1.54) is 11.8 Å². The molecule has 0 radical (unpaired) electrons. The van der Waals surface area contributed by atoms with Crippen molar-refractivity contribution in [2.45, 2.75) is 24.0 Å². The van der Waals surface area contributed by atoms with Gasteiger partial charge in [-0.25, -0.2) is 0 Å². The van der Waals surface area contributed by atoms with E-state index in [4.69, 9.17) is 0 Å². The lowest BCUT2D eigenvalue weighted by atomic mass is 10.1. The monoisotopic (exact) mass is 406 g/mol. The first-order valence-electron chi connectivity index (χ1n) is 9.18. The molecule has 1 aliphatic rings. The van der Waals surface area contributed by atoms with Crippen molar-refractivity contribution in [2.75, 3.05) is 11.1 Å². The first-order chi connectivity index (χ1) is 13.8. The van der Waals surface area contributed by atoms with Gasteiger partial charge in [0.2, 0.25) is 5.91 Å². The minimum absolute atomic E-state index is 0.0386. The van der Waals surface area contributed by atoms with Gasteiger partial charge in [-0.15, -0.1) is 21.5 Å². The van der Waals surface area contributed by atoms with Gasteiger partial charge in [0, 0.05) is 11.7 Å². The third kappa shape index (κ3) is 3.55. The summed E-state index contributed by atoms with van der Waals surface area (Å²) in [4.78, 5) is 13.6. The van der Waals surface area contributed by atoms with Crippen molar-refractivity contribution in [2.24, 2.45) is 0 Å². The molecular weight excluding hydrogens is 388 g/mol. The van der Waals surface area contributed by atoms with Gasteiger partial charge in [0.1, 0.15) is 0 Å². The van der Waals surface area contributed by atoms with Crippen LogP contribution in [-0.4, -0.2) is 26.4 Å². The largest absolute Gasteiger partial charge is 0.325 e. The summed E-state index contributed by atoms with van der Waals surface area (Å²) in [6.07, 6.45) is 2.29. The molecule has 7 heteroatoms. The maximum Gasteiger partial charge on any atom is 0.234 e. The second-order valence-corrected chi connectivity index (χ2v) is 8.67. The number of thiophene rings is 1. The number of aromatic nitrogens is 3. The zero-order valence-corrected chi connectivity index (χ0v) is 16.7. The number of nitrogens with one attached hydrogen (secondary N) is 1. The molecule has 0 unspecified atom stereocenters. The Balaban J connectivity index is 1.29. The number of fused-ring (bicyclic) bond motifs is 1. The van der Waals surface area contributed by atoms with Gasteiger partial charge >= 0.3 is 0 Å². The van der Waals surface area contributed by atoms with E-state index in [1.54, 1.807) is 11.3 Å². The van der Waals surface area contributed by atoms with E-state index in [-0.39, 0.29) is 5.91 Å². The first-order valence-corrected chi connectivity index (χ1v) is 11.0. The average Bonchev–Trinajstić information content (AvgIpc) is 3.24. The van der Waals surface area contributed by atoms with Crippen molar-refractivity contribution in [3.05, 3.63) is 60.0 Å². The van der Waals surface area contributed by atoms with E-state index in [0.29, 0.717) is 11.8 Å². The Morgan fingerprint density at radius 2 is 1.96 bits per heavy atom. The van der Waals surface area contributed by atoms with Gasteiger partial charge in [0.15, 0.2) is 11.0 Å². The van der Waals surface area contributed by atoms with Crippen LogP contribution in [-0.2, 0) is 4.79 Å². The molecule has 2 aromatic carbocycles. The number of carbonyl (C=O) groups excluding carboxylic acids is 1. The van der Waals surface area contributed by atoms with Crippen LogP contribution in [0, 0.1) is 0 Å². The lowest BCUT2D eigenvalue weighted by Crippen LogP contribution is -2.14. The molecular formula is C21H18N4OS2. The minimum Gasteiger partial charge on any atom is -0.325 e. The van der Waals surface area contributed by atoms with Gasteiger partial charge in [-0.05, 0) is 47.2 Å². The molecule has 28 heavy (non-hydrogen) atoms. The highest BCUT2D eigenvalue weighted by Crippen LogP contribution is 2.41. The van der Waals surface area contributed by atoms with Crippen LogP contribution in [0.25, 0.3) is 21.5 Å². The molecule has 0 atom stereocenters. The summed E-state index contributed by atoms with van der Waals surface area (Å²) in [5.41, 5.74) is 0.812. The van der Waals surface area contributed by atoms with Crippen molar-refractivity contribution in [1.82, 2.24) is 14.8 Å². The molecule has 2 aromatic heterocycles. The Hall–Kier alpha value is -2.64. The molecule has 1 fully saturated rings. The Kier molecular flexibility index (Phi) is 4.62. The summed E-state index contributed by atoms with van der Waals surface area (Å²) in [6.45, 7) is 0. The van der Waals surface area contributed by atoms with Crippen LogP contribution in [0.15, 0.2) is 65.1 Å². The molecule has 1 amide bonds. The molecule has 5 rings (SSSR count). The topological polar surface area (TPSA) is 59.8 Å². The summed E-state index contributed by atoms with van der Waals surface area (Å²) in [5.74, 6) is 1.18. The van der Waals surface area contributed by atoms with Crippen molar-refractivity contribution in [3.8, 4) is 10.7 Å². The van der Waals surface area contributed by atoms with Gasteiger partial charge in [-0.2, -0.15) is 0 Å². The third-order valence-corrected chi connectivity index (χ3v) is 6.49. The normalized spacial score (nSPS) is 13.7. The Morgan fingerprint density at radius 3 is 2.75 bits per heavy atom. The zero-order valence-electron chi connectivity index (χ0n) is 15.0. The molecule has 0 spiro atoms. The van der Waals surface area contributed by atoms with Gasteiger partial charge in [0.25, 0.3) is 0 Å². The van der Waals surface area contributed by atoms with Crippen LogP contribution in [0.4, 0.5) is 5.69 Å². The van der Waals surface area contributed by atoms with Gasteiger partial charge < -0.3 is 5.32 Å². The molecule has 4 aromatic rings. The Morgan fingerprint density at radius 1 is 1.11 bits per heavy atom. The number of benzene rings is 2. The number of carbonyl (C=O) groups is 1. The maximum absolute atomic E-state index is 12.5. The molecule has 2 heterocycles. The lowest BCUT2D eigenvalue weighted by Gasteiger charge is -2.08. The highest BCUT2D eigenvalue weighted by Gasteiger charge is 2.30. The van der Waals surface area contributed by atoms with Crippen LogP contribution in [0.3, 0.4) is 0 Å². The maximum atomic E-state index is 12.5. The average molecular weight is 407 g/mol. The van der Waals surface area contributed by atoms with Gasteiger partial charge in [-0.1, -0.05) is 48.2 Å². The first kappa shape index (κ1) is 17.5. The number of hydrogen-bond donors (Lipinski definition) is 1. The third-order valence-electron chi connectivity index (χ3n) is 4.68. The van der Waals surface area contributed by atoms with E-state index >= 15 is 0 Å². The molecule has 1 N–H and O–H groups in total. The molecule has 5 nitrogen and oxygen atoms in total. The quantitative estimate of drug-likeness (QED) is 0.446. The second kappa shape index (κ2) is 7.41. The number of anilines is 1. The van der Waals surface area contributed by atoms with Crippen LogP contribution < -0.4 is 5.32 Å². The second-order valence-electron chi connectivity index (χ2n) is 6.78. The minimum atomic E-state index is -0.0386. The summed E-state index contributed by atoms with van der Waals surface area (Å²) >= 11 is 3.11. The Bertz CT molecular complexity index is 1130. The number of amides is 1. The van der Waals surface area contributed by atoms with E-state index in [9.17, 15) is 4.79 Å². The van der Waals surface area contributed by atoms with E-state index in [2.05, 4.69) is 32.2 Å². The fraction of sp³-hybridized carbons (Fsp3) is 0.190. The van der Waals surface area contributed by atoms with E-state index in [1.807, 2.05) is 47.8 Å². The van der Waals surface area contributed by atoms with Gasteiger partial charge in [-0.3, -0.25) is 9.36 Å². The van der Waals surface area contributed by atoms with Crippen LogP contribution in [0.5, 0.6) is 0 Å². The standard InChI is InChI=1S/C21H18N4OS2/c26-19(22-16-8-7-14-4-1-2-5-15(14)12-16)13-28-21-24-23-20(18-6-3-11-27-18)25(21)17-9-10-17/h1-8,11-12,17H,9-10,13H2,(H,22,26). The Labute approximate surface area is 170 Å². The number of thioether (sulfide) groups is 1. The summed E-state index contributed by atoms with van der Waals surface area (Å²) in [7, 11) is 0. The van der Waals surface area contributed by atoms with Crippen molar-refractivity contribution >= 4 is 45.5 Å². The summed E-state index contributed by atoms with van der Waals surface area (Å²) in [5, 5.41) is 16.9. The molecule has 1 saturated carbocycles. The summed E-state index contributed by atoms with van der Waals surface area (Å²) < 4.78 is 2.19. The fourth-order valence-corrected chi connectivity index (χ4v) is 4.72. The van der Waals surface area contributed by atoms with Crippen molar-refractivity contribution < 1.29 is 4.79 Å². The predicted molar refractivity (Wildman–Crippen MR) is 115 cm³/mol. The smallest absolute Gasteiger partial charge is 0.234 e. The predicted octanol–water partition coefficient (Wildman–Crippen LogP) is 5.23. The van der Waals surface area contributed by atoms with Crippen LogP contribution >= 0.6 is 23.1 Å². The zero-order chi connectivity index (χ0) is 18.9. The fourth-order valence-electron chi connectivity index (χ4n) is 3.21. The molecule has 1 aliphatic carbocycles. The molecule has 0 saturated heterocycles. The summed E-state index contributed by atoms with van der Waals surface area (Å²) in [6, 6.07) is 18.6. The SMILES string of the molecule is O=C(CSc1nnc(-c2cccs2)n1C1CC1)Nc1ccc2ccccc2c1. The number of nitrogens with zero attached hydrogens (tertiary/aromatic N) is 3. The lowest BCUT2D eigenvalue weighted by molar-refractivity contribution is -0.113. The number of hydrogen-bond acceptors (Lipinski definition) is 5. The molecule has 140 valence electrons. The van der Waals surface area contributed by atoms with Crippen molar-refractivity contribution in [1.29, 1.82) is 0 Å². The highest BCUT2D eigenvalue weighted by atomic mass is 32.2.